The summed E-state index contributed by atoms with van der Waals surface area (Å²) >= 11 is 0. The molecule has 8 heteroatoms. The predicted molar refractivity (Wildman–Crippen MR) is 121 cm³/mol. The van der Waals surface area contributed by atoms with Gasteiger partial charge in [0.05, 0.1) is 18.5 Å². The summed E-state index contributed by atoms with van der Waals surface area (Å²) in [5.41, 5.74) is 5.92. The van der Waals surface area contributed by atoms with Crippen molar-refractivity contribution in [2.45, 2.75) is 32.2 Å². The number of likely N-dealkylation sites (N-methyl/N-ethyl adjacent to an activating group) is 1. The van der Waals surface area contributed by atoms with Gasteiger partial charge >= 0.3 is 0 Å². The third-order valence-corrected chi connectivity index (χ3v) is 5.37. The molecule has 3 heterocycles. The molecule has 0 bridgehead atoms. The highest BCUT2D eigenvalue weighted by Gasteiger charge is 2.20. The molecule has 0 unspecified atom stereocenters. The quantitative estimate of drug-likeness (QED) is 0.728. The van der Waals surface area contributed by atoms with Crippen LogP contribution in [0.25, 0.3) is 0 Å². The van der Waals surface area contributed by atoms with Crippen molar-refractivity contribution in [3.63, 3.8) is 0 Å². The van der Waals surface area contributed by atoms with E-state index in [0.717, 1.165) is 54.1 Å². The van der Waals surface area contributed by atoms with Crippen LogP contribution in [0.2, 0.25) is 0 Å². The highest BCUT2D eigenvalue weighted by atomic mass is 16.5. The molecule has 160 valence electrons. The molecule has 2 N–H and O–H groups in total. The van der Waals surface area contributed by atoms with E-state index in [0.29, 0.717) is 13.2 Å². The van der Waals surface area contributed by atoms with E-state index >= 15 is 0 Å². The molecular weight excluding hydrogens is 378 g/mol. The first kappa shape index (κ1) is 20.4. The number of anilines is 3. The monoisotopic (exact) mass is 409 g/mol. The van der Waals surface area contributed by atoms with Crippen LogP contribution in [0.15, 0.2) is 29.4 Å². The molecule has 2 aliphatic rings. The number of hydrazone groups is 1. The molecule has 1 aromatic carbocycles. The first-order chi connectivity index (χ1) is 14.7. The van der Waals surface area contributed by atoms with Crippen LogP contribution in [-0.2, 0) is 6.54 Å². The van der Waals surface area contributed by atoms with Crippen molar-refractivity contribution in [1.82, 2.24) is 20.3 Å². The lowest BCUT2D eigenvalue weighted by atomic mass is 10.2. The van der Waals surface area contributed by atoms with Crippen molar-refractivity contribution in [3.05, 3.63) is 35.5 Å². The molecule has 0 saturated carbocycles. The molecule has 0 aliphatic carbocycles. The summed E-state index contributed by atoms with van der Waals surface area (Å²) in [5.74, 6) is 2.49. The highest BCUT2D eigenvalue weighted by Crippen LogP contribution is 2.27. The standard InChI is InChI=1S/C22H31N7O/c1-28(2)13-14-30-18-9-7-17(8-10-18)25-21-19-15-23-24-16-20(19)26-22(27-21)29-11-5-3-4-6-12-29/h7-10,16,23H,3-6,11-15H2,1-2H3,(H,25,26,27). The fraction of sp³-hybridized carbons (Fsp3) is 0.500. The molecule has 2 aliphatic heterocycles. The highest BCUT2D eigenvalue weighted by molar-refractivity contribution is 5.83. The molecule has 0 spiro atoms. The average Bonchev–Trinajstić information content (AvgIpc) is 3.04. The first-order valence-electron chi connectivity index (χ1n) is 10.8. The van der Waals surface area contributed by atoms with Gasteiger partial charge in [-0.1, -0.05) is 12.8 Å². The molecule has 1 aromatic heterocycles. The summed E-state index contributed by atoms with van der Waals surface area (Å²) in [6.07, 6.45) is 6.72. The summed E-state index contributed by atoms with van der Waals surface area (Å²) in [5, 5.41) is 7.68. The summed E-state index contributed by atoms with van der Waals surface area (Å²) in [6, 6.07) is 8.02. The summed E-state index contributed by atoms with van der Waals surface area (Å²) in [7, 11) is 4.08. The summed E-state index contributed by atoms with van der Waals surface area (Å²) in [4.78, 5) is 14.1. The van der Waals surface area contributed by atoms with E-state index in [9.17, 15) is 0 Å². The Morgan fingerprint density at radius 2 is 1.83 bits per heavy atom. The molecule has 0 atom stereocenters. The fourth-order valence-corrected chi connectivity index (χ4v) is 3.63. The Kier molecular flexibility index (Phi) is 6.63. The minimum Gasteiger partial charge on any atom is -0.492 e. The number of rotatable bonds is 7. The van der Waals surface area contributed by atoms with Crippen molar-refractivity contribution in [3.8, 4) is 5.75 Å². The number of ether oxygens (including phenoxy) is 1. The molecule has 0 amide bonds. The number of nitrogens with zero attached hydrogens (tertiary/aromatic N) is 5. The van der Waals surface area contributed by atoms with Gasteiger partial charge in [-0.15, -0.1) is 0 Å². The Labute approximate surface area is 178 Å². The van der Waals surface area contributed by atoms with Crippen LogP contribution in [0.3, 0.4) is 0 Å². The van der Waals surface area contributed by atoms with Gasteiger partial charge in [0.1, 0.15) is 18.2 Å². The molecule has 4 rings (SSSR count). The maximum absolute atomic E-state index is 5.79. The molecule has 0 radical (unpaired) electrons. The zero-order valence-electron chi connectivity index (χ0n) is 17.9. The van der Waals surface area contributed by atoms with E-state index in [-0.39, 0.29) is 0 Å². The van der Waals surface area contributed by atoms with Gasteiger partial charge in [0, 0.05) is 30.9 Å². The van der Waals surface area contributed by atoms with Gasteiger partial charge in [0.25, 0.3) is 0 Å². The van der Waals surface area contributed by atoms with Gasteiger partial charge < -0.3 is 25.3 Å². The van der Waals surface area contributed by atoms with E-state index in [4.69, 9.17) is 14.7 Å². The van der Waals surface area contributed by atoms with E-state index in [1.165, 1.54) is 25.7 Å². The van der Waals surface area contributed by atoms with E-state index in [2.05, 4.69) is 25.6 Å². The Morgan fingerprint density at radius 3 is 2.57 bits per heavy atom. The fourth-order valence-electron chi connectivity index (χ4n) is 3.63. The number of hydrogen-bond acceptors (Lipinski definition) is 8. The maximum atomic E-state index is 5.79. The topological polar surface area (TPSA) is 77.9 Å². The third-order valence-electron chi connectivity index (χ3n) is 5.37. The number of hydrogen-bond donors (Lipinski definition) is 2. The molecule has 8 nitrogen and oxygen atoms in total. The Balaban J connectivity index is 1.52. The second-order valence-corrected chi connectivity index (χ2v) is 8.03. The van der Waals surface area contributed by atoms with Crippen molar-refractivity contribution < 1.29 is 4.74 Å². The lowest BCUT2D eigenvalue weighted by Crippen LogP contribution is -2.28. The smallest absolute Gasteiger partial charge is 0.227 e. The normalized spacial score (nSPS) is 16.0. The maximum Gasteiger partial charge on any atom is 0.227 e. The van der Waals surface area contributed by atoms with Crippen molar-refractivity contribution >= 4 is 23.7 Å². The number of benzene rings is 1. The van der Waals surface area contributed by atoms with Crippen molar-refractivity contribution in [2.75, 3.05) is 50.6 Å². The zero-order valence-corrected chi connectivity index (χ0v) is 17.9. The van der Waals surface area contributed by atoms with Gasteiger partial charge in [-0.2, -0.15) is 10.1 Å². The number of nitrogens with one attached hydrogen (secondary N) is 2. The van der Waals surface area contributed by atoms with Crippen molar-refractivity contribution in [2.24, 2.45) is 5.10 Å². The van der Waals surface area contributed by atoms with Gasteiger partial charge in [0.2, 0.25) is 5.95 Å². The van der Waals surface area contributed by atoms with Gasteiger partial charge in [-0.05, 0) is 51.2 Å². The molecular formula is C22H31N7O. The van der Waals surface area contributed by atoms with Crippen LogP contribution in [0.4, 0.5) is 17.5 Å². The first-order valence-corrected chi connectivity index (χ1v) is 10.8. The minimum absolute atomic E-state index is 0.611. The van der Waals surface area contributed by atoms with Gasteiger partial charge in [-0.25, -0.2) is 4.98 Å². The molecule has 1 saturated heterocycles. The van der Waals surface area contributed by atoms with Gasteiger partial charge in [0.15, 0.2) is 0 Å². The second kappa shape index (κ2) is 9.75. The van der Waals surface area contributed by atoms with Crippen molar-refractivity contribution in [1.29, 1.82) is 0 Å². The number of fused-ring (bicyclic) bond motifs is 1. The number of aromatic nitrogens is 2. The Bertz CT molecular complexity index is 859. The van der Waals surface area contributed by atoms with Crippen LogP contribution in [0.5, 0.6) is 5.75 Å². The Morgan fingerprint density at radius 1 is 1.07 bits per heavy atom. The van der Waals surface area contributed by atoms with E-state index in [1.807, 2.05) is 38.4 Å². The third kappa shape index (κ3) is 5.18. The zero-order chi connectivity index (χ0) is 20.8. The minimum atomic E-state index is 0.611. The van der Waals surface area contributed by atoms with Crippen LogP contribution in [0.1, 0.15) is 36.9 Å². The largest absolute Gasteiger partial charge is 0.492 e. The SMILES string of the molecule is CN(C)CCOc1ccc(Nc2nc(N3CCCCCC3)nc3c2CNN=C3)cc1. The van der Waals surface area contributed by atoms with Crippen LogP contribution in [0, 0.1) is 0 Å². The Hall–Kier alpha value is -2.87. The van der Waals surface area contributed by atoms with Crippen LogP contribution < -0.4 is 20.4 Å². The van der Waals surface area contributed by atoms with Crippen LogP contribution in [-0.4, -0.2) is 61.4 Å². The molecule has 30 heavy (non-hydrogen) atoms. The second-order valence-electron chi connectivity index (χ2n) is 8.03. The summed E-state index contributed by atoms with van der Waals surface area (Å²) < 4.78 is 5.79. The van der Waals surface area contributed by atoms with Gasteiger partial charge in [-0.3, -0.25) is 0 Å². The average molecular weight is 410 g/mol. The van der Waals surface area contributed by atoms with E-state index in [1.54, 1.807) is 6.21 Å². The lowest BCUT2D eigenvalue weighted by Gasteiger charge is -2.24. The summed E-state index contributed by atoms with van der Waals surface area (Å²) in [6.45, 7) is 4.18. The predicted octanol–water partition coefficient (Wildman–Crippen LogP) is 2.98. The molecule has 2 aromatic rings. The van der Waals surface area contributed by atoms with Crippen LogP contribution >= 0.6 is 0 Å². The molecule has 1 fully saturated rings. The van der Waals surface area contributed by atoms with E-state index < -0.39 is 0 Å². The lowest BCUT2D eigenvalue weighted by molar-refractivity contribution is 0.261.